The maximum absolute atomic E-state index is 9.39. The number of fused-ring (bicyclic) bond motifs is 4. The fraction of sp³-hybridized carbons (Fsp3) is 0.464. The first-order valence-electron chi connectivity index (χ1n) is 11.4. The van der Waals surface area contributed by atoms with Crippen LogP contribution in [0.25, 0.3) is 22.2 Å². The maximum Gasteiger partial charge on any atom is 0.0598 e. The quantitative estimate of drug-likeness (QED) is 0.366. The number of hydrogen-bond acceptors (Lipinski definition) is 3. The molecule has 1 aromatic heterocycles. The van der Waals surface area contributed by atoms with E-state index in [0.717, 1.165) is 24.1 Å². The first-order chi connectivity index (χ1) is 14.7. The van der Waals surface area contributed by atoms with Gasteiger partial charge in [-0.1, -0.05) is 64.8 Å². The number of hydrogen-bond donors (Lipinski definition) is 2. The Kier molecular flexibility index (Phi) is 9.60. The third-order valence-electron chi connectivity index (χ3n) is 6.29. The molecule has 3 nitrogen and oxygen atoms in total. The van der Waals surface area contributed by atoms with Gasteiger partial charge in [-0.05, 0) is 54.3 Å². The number of nitrogens with zero attached hydrogens (tertiary/aromatic N) is 1. The van der Waals surface area contributed by atoms with Gasteiger partial charge in [-0.2, -0.15) is 0 Å². The molecule has 1 aliphatic carbocycles. The molecular weight excluding hydrogens is 575 g/mol. The monoisotopic (exact) mass is 611 g/mol. The van der Waals surface area contributed by atoms with Crippen molar-refractivity contribution in [3.8, 4) is 11.3 Å². The second-order valence-electron chi connectivity index (χ2n) is 9.56. The Bertz CT molecular complexity index is 1030. The van der Waals surface area contributed by atoms with Gasteiger partial charge in [-0.15, -0.1) is 34.9 Å². The van der Waals surface area contributed by atoms with Crippen molar-refractivity contribution in [2.45, 2.75) is 73.0 Å². The predicted molar refractivity (Wildman–Crippen MR) is 129 cm³/mol. The van der Waals surface area contributed by atoms with Crippen LogP contribution in [0.4, 0.5) is 0 Å². The van der Waals surface area contributed by atoms with Crippen LogP contribution in [0, 0.1) is 31.7 Å². The molecule has 175 valence electrons. The van der Waals surface area contributed by atoms with Gasteiger partial charge in [0.15, 0.2) is 0 Å². The molecule has 0 fully saturated rings. The molecule has 2 N–H and O–H groups in total. The number of aromatic nitrogens is 1. The molecule has 2 aromatic carbocycles. The molecule has 2 unspecified atom stereocenters. The molecule has 3 aromatic rings. The molecule has 2 atom stereocenters. The van der Waals surface area contributed by atoms with Crippen LogP contribution in [0.15, 0.2) is 36.4 Å². The van der Waals surface area contributed by atoms with Crippen molar-refractivity contribution < 1.29 is 30.3 Å². The van der Waals surface area contributed by atoms with Crippen LogP contribution in [-0.4, -0.2) is 27.4 Å². The molecule has 0 saturated carbocycles. The van der Waals surface area contributed by atoms with E-state index in [9.17, 15) is 10.2 Å². The average Bonchev–Trinajstić information content (AvgIpc) is 2.72. The van der Waals surface area contributed by atoms with Gasteiger partial charge in [-0.3, -0.25) is 4.98 Å². The summed E-state index contributed by atoms with van der Waals surface area (Å²) in [7, 11) is 0. The molecule has 0 bridgehead atoms. The molecule has 0 amide bonds. The van der Waals surface area contributed by atoms with E-state index in [4.69, 9.17) is 4.98 Å². The summed E-state index contributed by atoms with van der Waals surface area (Å²) in [5, 5.41) is 20.0. The van der Waals surface area contributed by atoms with Gasteiger partial charge in [0.1, 0.15) is 0 Å². The summed E-state index contributed by atoms with van der Waals surface area (Å²) < 4.78 is 0. The first-order valence-corrected chi connectivity index (χ1v) is 11.4. The van der Waals surface area contributed by atoms with Gasteiger partial charge >= 0.3 is 0 Å². The van der Waals surface area contributed by atoms with Gasteiger partial charge in [0.05, 0.1) is 17.7 Å². The zero-order chi connectivity index (χ0) is 22.7. The van der Waals surface area contributed by atoms with Gasteiger partial charge in [0, 0.05) is 20.1 Å². The zero-order valence-corrected chi connectivity index (χ0v) is 22.5. The molecule has 4 rings (SSSR count). The summed E-state index contributed by atoms with van der Waals surface area (Å²) in [6, 6.07) is 16.4. The van der Waals surface area contributed by atoms with Crippen molar-refractivity contribution in [1.29, 1.82) is 0 Å². The van der Waals surface area contributed by atoms with Crippen molar-refractivity contribution in [3.05, 3.63) is 64.7 Å². The predicted octanol–water partition coefficient (Wildman–Crippen LogP) is 5.83. The van der Waals surface area contributed by atoms with Gasteiger partial charge in [-0.25, -0.2) is 0 Å². The molecule has 1 radical (unpaired) electrons. The Morgan fingerprint density at radius 2 is 1.59 bits per heavy atom. The van der Waals surface area contributed by atoms with Crippen molar-refractivity contribution >= 4 is 10.9 Å². The number of aliphatic hydroxyl groups excluding tert-OH is 2. The SMILES string of the molecule is CC(C)C(O)CC(O)C(C)C.Cc1ccc2cc3c(nc2c1)-c1[c-]ccc(C)c1CC3.[Ir]. The number of benzene rings is 2. The van der Waals surface area contributed by atoms with Crippen LogP contribution in [-0.2, 0) is 32.9 Å². The molecule has 32 heavy (non-hydrogen) atoms. The van der Waals surface area contributed by atoms with Crippen LogP contribution >= 0.6 is 0 Å². The molecule has 0 saturated heterocycles. The smallest absolute Gasteiger partial charge is 0.0598 e. The van der Waals surface area contributed by atoms with Crippen LogP contribution < -0.4 is 0 Å². The molecule has 0 spiro atoms. The minimum Gasteiger partial charge on any atom is -0.393 e. The van der Waals surface area contributed by atoms with E-state index < -0.39 is 0 Å². The summed E-state index contributed by atoms with van der Waals surface area (Å²) in [4.78, 5) is 4.93. The second-order valence-corrected chi connectivity index (χ2v) is 9.56. The first kappa shape index (κ1) is 26.7. The second kappa shape index (κ2) is 11.5. The number of rotatable bonds is 4. The summed E-state index contributed by atoms with van der Waals surface area (Å²) in [6.45, 7) is 12.1. The van der Waals surface area contributed by atoms with E-state index in [1.807, 2.05) is 33.8 Å². The maximum atomic E-state index is 9.39. The summed E-state index contributed by atoms with van der Waals surface area (Å²) >= 11 is 0. The van der Waals surface area contributed by atoms with Crippen LogP contribution in [0.5, 0.6) is 0 Å². The minimum atomic E-state index is -0.368. The van der Waals surface area contributed by atoms with Crippen molar-refractivity contribution in [1.82, 2.24) is 4.98 Å². The largest absolute Gasteiger partial charge is 0.393 e. The van der Waals surface area contributed by atoms with E-state index in [2.05, 4.69) is 50.2 Å². The summed E-state index contributed by atoms with van der Waals surface area (Å²) in [5.41, 5.74) is 8.81. The van der Waals surface area contributed by atoms with Gasteiger partial charge in [0.25, 0.3) is 0 Å². The van der Waals surface area contributed by atoms with E-state index in [1.54, 1.807) is 0 Å². The minimum absolute atomic E-state index is 0. The van der Waals surface area contributed by atoms with Crippen LogP contribution in [0.3, 0.4) is 0 Å². The van der Waals surface area contributed by atoms with E-state index in [0.29, 0.717) is 6.42 Å². The third-order valence-corrected chi connectivity index (χ3v) is 6.29. The summed E-state index contributed by atoms with van der Waals surface area (Å²) in [5.74, 6) is 0.479. The standard InChI is InChI=1S/C19H16N.C9H20O2.Ir/c1-12-6-7-14-11-15-8-9-16-13(2)4-3-5-17(16)19(15)20-18(14)10-12;1-6(2)8(10)5-9(11)7(3)4;/h3-4,6-7,10-11H,8-9H2,1-2H3;6-11H,5H2,1-4H3;/q-1;;. The van der Waals surface area contributed by atoms with Crippen molar-refractivity contribution in [2.24, 2.45) is 11.8 Å². The van der Waals surface area contributed by atoms with Gasteiger partial charge in [0.2, 0.25) is 0 Å². The topological polar surface area (TPSA) is 53.4 Å². The Morgan fingerprint density at radius 1 is 0.938 bits per heavy atom. The molecule has 1 heterocycles. The molecule has 0 aliphatic heterocycles. The molecule has 1 aliphatic rings. The van der Waals surface area contributed by atoms with Gasteiger partial charge < -0.3 is 10.2 Å². The third kappa shape index (κ3) is 6.26. The average molecular weight is 611 g/mol. The molecular formula is C28H36IrNO2-. The number of aryl methyl sites for hydroxylation is 3. The van der Waals surface area contributed by atoms with E-state index >= 15 is 0 Å². The normalized spacial score (nSPS) is 14.2. The fourth-order valence-corrected chi connectivity index (χ4v) is 3.95. The molecule has 4 heteroatoms. The van der Waals surface area contributed by atoms with E-state index in [1.165, 1.54) is 33.2 Å². The van der Waals surface area contributed by atoms with Crippen LogP contribution in [0.1, 0.15) is 56.4 Å². The number of aliphatic hydroxyl groups is 2. The van der Waals surface area contributed by atoms with Crippen molar-refractivity contribution in [2.75, 3.05) is 0 Å². The van der Waals surface area contributed by atoms with Crippen LogP contribution in [0.2, 0.25) is 0 Å². The zero-order valence-electron chi connectivity index (χ0n) is 20.1. The Balaban J connectivity index is 0.000000263. The summed E-state index contributed by atoms with van der Waals surface area (Å²) in [6.07, 6.45) is 1.94. The van der Waals surface area contributed by atoms with Crippen molar-refractivity contribution in [3.63, 3.8) is 0 Å². The fourth-order valence-electron chi connectivity index (χ4n) is 3.95. The Labute approximate surface area is 206 Å². The number of pyridine rings is 1. The van der Waals surface area contributed by atoms with E-state index in [-0.39, 0.29) is 44.1 Å². The Morgan fingerprint density at radius 3 is 2.22 bits per heavy atom. The Hall–Kier alpha value is -1.58.